The van der Waals surface area contributed by atoms with Gasteiger partial charge in [0, 0.05) is 0 Å². The van der Waals surface area contributed by atoms with Crippen LogP contribution in [0.25, 0.3) is 0 Å². The van der Waals surface area contributed by atoms with Gasteiger partial charge in [-0.1, -0.05) is 0 Å². The van der Waals surface area contributed by atoms with E-state index >= 15 is 0 Å². The number of hydrogen-bond donors (Lipinski definition) is 0. The first kappa shape index (κ1) is 9.57. The lowest BCUT2D eigenvalue weighted by molar-refractivity contribution is 0.0600. The van der Waals surface area contributed by atoms with Gasteiger partial charge >= 0.3 is 5.97 Å². The quantitative estimate of drug-likeness (QED) is 0.586. The molecule has 0 bridgehead atoms. The fourth-order valence-corrected chi connectivity index (χ4v) is 1.96. The lowest BCUT2D eigenvalue weighted by Crippen LogP contribution is -2.01. The number of ether oxygens (including phenoxy) is 3. The largest absolute Gasteiger partial charge is 0.465 e. The molecule has 1 aromatic carbocycles. The summed E-state index contributed by atoms with van der Waals surface area (Å²) in [7, 11) is 1.35. The molecule has 1 heterocycles. The van der Waals surface area contributed by atoms with Crippen molar-refractivity contribution in [2.75, 3.05) is 13.9 Å². The molecule has 0 N–H and O–H groups in total. The molecule has 74 valence electrons. The molecular weight excluding hydrogens is 299 g/mol. The van der Waals surface area contributed by atoms with Crippen LogP contribution in [-0.2, 0) is 4.74 Å². The highest BCUT2D eigenvalue weighted by molar-refractivity contribution is 14.1. The van der Waals surface area contributed by atoms with Crippen LogP contribution in [0.5, 0.6) is 11.5 Å². The number of methoxy groups -OCH3 is 1. The van der Waals surface area contributed by atoms with Gasteiger partial charge in [-0.25, -0.2) is 4.79 Å². The average Bonchev–Trinajstić information content (AvgIpc) is 2.64. The summed E-state index contributed by atoms with van der Waals surface area (Å²) in [4.78, 5) is 11.2. The predicted molar refractivity (Wildman–Crippen MR) is 56.6 cm³/mol. The monoisotopic (exact) mass is 306 g/mol. The molecule has 0 radical (unpaired) electrons. The van der Waals surface area contributed by atoms with Crippen molar-refractivity contribution in [1.82, 2.24) is 0 Å². The number of carbonyl (C=O) groups is 1. The summed E-state index contributed by atoms with van der Waals surface area (Å²) in [6.45, 7) is 0.204. The molecule has 1 aliphatic rings. The van der Waals surface area contributed by atoms with Crippen molar-refractivity contribution >= 4 is 28.6 Å². The highest BCUT2D eigenvalue weighted by atomic mass is 127. The third kappa shape index (κ3) is 1.52. The molecule has 0 unspecified atom stereocenters. The van der Waals surface area contributed by atoms with Crippen LogP contribution in [-0.4, -0.2) is 19.9 Å². The lowest BCUT2D eigenvalue weighted by atomic mass is 10.2. The van der Waals surface area contributed by atoms with Crippen LogP contribution >= 0.6 is 22.6 Å². The van der Waals surface area contributed by atoms with Gasteiger partial charge in [0.15, 0.2) is 11.5 Å². The van der Waals surface area contributed by atoms with Crippen molar-refractivity contribution in [3.8, 4) is 11.5 Å². The fraction of sp³-hybridized carbons (Fsp3) is 0.222. The maximum absolute atomic E-state index is 11.2. The molecule has 0 atom stereocenters. The van der Waals surface area contributed by atoms with E-state index in [0.717, 1.165) is 3.57 Å². The Morgan fingerprint density at radius 3 is 3.00 bits per heavy atom. The summed E-state index contributed by atoms with van der Waals surface area (Å²) in [6.07, 6.45) is 0. The number of benzene rings is 1. The first-order valence-electron chi connectivity index (χ1n) is 3.90. The summed E-state index contributed by atoms with van der Waals surface area (Å²) in [5, 5.41) is 0. The minimum atomic E-state index is -0.374. The molecule has 0 fully saturated rings. The fourth-order valence-electron chi connectivity index (χ4n) is 1.20. The summed E-state index contributed by atoms with van der Waals surface area (Å²) < 4.78 is 15.9. The summed E-state index contributed by atoms with van der Waals surface area (Å²) >= 11 is 2.09. The molecule has 0 saturated carbocycles. The summed E-state index contributed by atoms with van der Waals surface area (Å²) in [6, 6.07) is 3.33. The maximum Gasteiger partial charge on any atom is 0.338 e. The van der Waals surface area contributed by atoms with Crippen LogP contribution in [0.1, 0.15) is 10.4 Å². The molecule has 5 heteroatoms. The zero-order valence-electron chi connectivity index (χ0n) is 7.37. The Morgan fingerprint density at radius 2 is 2.29 bits per heavy atom. The van der Waals surface area contributed by atoms with E-state index in [9.17, 15) is 4.79 Å². The van der Waals surface area contributed by atoms with Gasteiger partial charge < -0.3 is 14.2 Å². The number of halogens is 1. The van der Waals surface area contributed by atoms with Gasteiger partial charge in [0.25, 0.3) is 0 Å². The van der Waals surface area contributed by atoms with Gasteiger partial charge in [-0.3, -0.25) is 0 Å². The van der Waals surface area contributed by atoms with Gasteiger partial charge in [-0.05, 0) is 34.7 Å². The molecule has 0 spiro atoms. The average molecular weight is 306 g/mol. The van der Waals surface area contributed by atoms with E-state index in [2.05, 4.69) is 27.3 Å². The van der Waals surface area contributed by atoms with Crippen molar-refractivity contribution in [3.63, 3.8) is 0 Å². The van der Waals surface area contributed by atoms with E-state index < -0.39 is 0 Å². The molecule has 0 saturated heterocycles. The smallest absolute Gasteiger partial charge is 0.338 e. The zero-order valence-corrected chi connectivity index (χ0v) is 9.53. The second-order valence-corrected chi connectivity index (χ2v) is 3.85. The van der Waals surface area contributed by atoms with E-state index in [1.165, 1.54) is 7.11 Å². The highest BCUT2D eigenvalue weighted by Gasteiger charge is 2.20. The van der Waals surface area contributed by atoms with Crippen LogP contribution in [0.2, 0.25) is 0 Å². The second kappa shape index (κ2) is 3.64. The number of fused-ring (bicyclic) bond motifs is 1. The number of carbonyl (C=O) groups excluding carboxylic acids is 1. The SMILES string of the molecule is COC(=O)c1cc(I)c2c(c1)OCO2. The van der Waals surface area contributed by atoms with Crippen LogP contribution in [0.4, 0.5) is 0 Å². The van der Waals surface area contributed by atoms with Gasteiger partial charge in [0.1, 0.15) is 0 Å². The van der Waals surface area contributed by atoms with Gasteiger partial charge in [0.2, 0.25) is 6.79 Å². The Hall–Kier alpha value is -0.980. The molecule has 0 aromatic heterocycles. The Balaban J connectivity index is 2.46. The van der Waals surface area contributed by atoms with Crippen LogP contribution in [0, 0.1) is 3.57 Å². The maximum atomic E-state index is 11.2. The Labute approximate surface area is 94.3 Å². The topological polar surface area (TPSA) is 44.8 Å². The minimum Gasteiger partial charge on any atom is -0.465 e. The zero-order chi connectivity index (χ0) is 10.1. The third-order valence-electron chi connectivity index (χ3n) is 1.85. The van der Waals surface area contributed by atoms with E-state index in [0.29, 0.717) is 17.1 Å². The number of hydrogen-bond acceptors (Lipinski definition) is 4. The van der Waals surface area contributed by atoms with Crippen molar-refractivity contribution in [2.24, 2.45) is 0 Å². The van der Waals surface area contributed by atoms with Gasteiger partial charge in [-0.2, -0.15) is 0 Å². The first-order chi connectivity index (χ1) is 6.72. The van der Waals surface area contributed by atoms with Gasteiger partial charge in [-0.15, -0.1) is 0 Å². The molecule has 0 aliphatic carbocycles. The Kier molecular flexibility index (Phi) is 2.49. The van der Waals surface area contributed by atoms with Crippen LogP contribution in [0.3, 0.4) is 0 Å². The lowest BCUT2D eigenvalue weighted by Gasteiger charge is -2.02. The molecule has 14 heavy (non-hydrogen) atoms. The van der Waals surface area contributed by atoms with E-state index in [4.69, 9.17) is 9.47 Å². The van der Waals surface area contributed by atoms with Gasteiger partial charge in [0.05, 0.1) is 16.2 Å². The second-order valence-electron chi connectivity index (χ2n) is 2.68. The molecule has 4 nitrogen and oxygen atoms in total. The molecular formula is C9H7IO4. The first-order valence-corrected chi connectivity index (χ1v) is 4.97. The van der Waals surface area contributed by atoms with E-state index in [1.807, 2.05) is 0 Å². The molecule has 1 aromatic rings. The third-order valence-corrected chi connectivity index (χ3v) is 2.65. The molecule has 0 amide bonds. The number of rotatable bonds is 1. The predicted octanol–water partition coefficient (Wildman–Crippen LogP) is 1.81. The van der Waals surface area contributed by atoms with Crippen molar-refractivity contribution in [3.05, 3.63) is 21.3 Å². The summed E-state index contributed by atoms with van der Waals surface area (Å²) in [5.74, 6) is 0.914. The summed E-state index contributed by atoms with van der Waals surface area (Å²) in [5.41, 5.74) is 0.473. The van der Waals surface area contributed by atoms with Crippen molar-refractivity contribution < 1.29 is 19.0 Å². The minimum absolute atomic E-state index is 0.204. The molecule has 2 rings (SSSR count). The van der Waals surface area contributed by atoms with Crippen molar-refractivity contribution in [2.45, 2.75) is 0 Å². The van der Waals surface area contributed by atoms with E-state index in [-0.39, 0.29) is 12.8 Å². The standard InChI is InChI=1S/C9H7IO4/c1-12-9(11)5-2-6(10)8-7(3-5)13-4-14-8/h2-3H,4H2,1H3. The van der Waals surface area contributed by atoms with Crippen molar-refractivity contribution in [1.29, 1.82) is 0 Å². The Morgan fingerprint density at radius 1 is 1.50 bits per heavy atom. The Bertz CT molecular complexity index is 389. The van der Waals surface area contributed by atoms with Crippen LogP contribution < -0.4 is 9.47 Å². The highest BCUT2D eigenvalue weighted by Crippen LogP contribution is 2.37. The van der Waals surface area contributed by atoms with Crippen LogP contribution in [0.15, 0.2) is 12.1 Å². The molecule has 1 aliphatic heterocycles. The number of esters is 1. The normalized spacial score (nSPS) is 12.7. The van der Waals surface area contributed by atoms with E-state index in [1.54, 1.807) is 12.1 Å².